The summed E-state index contributed by atoms with van der Waals surface area (Å²) in [5.41, 5.74) is 2.17. The Morgan fingerprint density at radius 3 is 1.14 bits per heavy atom. The Balaban J connectivity index is 2.49. The fourth-order valence-corrected chi connectivity index (χ4v) is 2.40. The Hall–Kier alpha value is -1.70. The maximum Gasteiger partial charge on any atom is 0.131 e. The van der Waals surface area contributed by atoms with Crippen molar-refractivity contribution >= 4 is 0 Å². The number of benzene rings is 2. The normalized spacial score (nSPS) is 12.5. The molecule has 0 saturated carbocycles. The summed E-state index contributed by atoms with van der Waals surface area (Å²) in [6.45, 7) is 12.2. The van der Waals surface area contributed by atoms with Gasteiger partial charge in [0.25, 0.3) is 0 Å². The lowest BCUT2D eigenvalue weighted by atomic mass is 9.84. The van der Waals surface area contributed by atoms with Crippen LogP contribution in [0.15, 0.2) is 36.4 Å². The Bertz CT molecular complexity index is 624. The van der Waals surface area contributed by atoms with Gasteiger partial charge in [0.05, 0.1) is 0 Å². The monoisotopic (exact) mass is 302 g/mol. The summed E-state index contributed by atoms with van der Waals surface area (Å²) < 4.78 is 28.8. The van der Waals surface area contributed by atoms with Crippen LogP contribution in [0.3, 0.4) is 0 Å². The second-order valence-corrected chi connectivity index (χ2v) is 7.89. The Morgan fingerprint density at radius 1 is 0.591 bits per heavy atom. The second-order valence-electron chi connectivity index (χ2n) is 7.89. The van der Waals surface area contributed by atoms with Crippen molar-refractivity contribution in [3.05, 3.63) is 59.2 Å². The van der Waals surface area contributed by atoms with Gasteiger partial charge in [0, 0.05) is 11.1 Å². The molecule has 2 heteroatoms. The van der Waals surface area contributed by atoms with Gasteiger partial charge in [-0.2, -0.15) is 0 Å². The van der Waals surface area contributed by atoms with Crippen molar-refractivity contribution in [1.29, 1.82) is 0 Å². The zero-order chi connectivity index (χ0) is 16.7. The van der Waals surface area contributed by atoms with Gasteiger partial charge in [-0.1, -0.05) is 65.8 Å². The van der Waals surface area contributed by atoms with Crippen LogP contribution in [-0.4, -0.2) is 0 Å². The molecule has 2 aromatic carbocycles. The number of rotatable bonds is 1. The molecule has 0 atom stereocenters. The lowest BCUT2D eigenvalue weighted by Gasteiger charge is -2.21. The van der Waals surface area contributed by atoms with Gasteiger partial charge >= 0.3 is 0 Å². The maximum atomic E-state index is 14.4. The topological polar surface area (TPSA) is 0 Å². The van der Waals surface area contributed by atoms with Gasteiger partial charge in [0.2, 0.25) is 0 Å². The summed E-state index contributed by atoms with van der Waals surface area (Å²) in [5, 5.41) is 0. The van der Waals surface area contributed by atoms with Crippen molar-refractivity contribution in [2.75, 3.05) is 0 Å². The zero-order valence-corrected chi connectivity index (χ0v) is 14.2. The molecule has 0 saturated heterocycles. The van der Waals surface area contributed by atoms with E-state index in [1.54, 1.807) is 12.1 Å². The molecule has 0 nitrogen and oxygen atoms in total. The molecule has 0 aromatic heterocycles. The smallest absolute Gasteiger partial charge is 0.131 e. The highest BCUT2D eigenvalue weighted by atomic mass is 19.1. The van der Waals surface area contributed by atoms with Crippen molar-refractivity contribution in [2.24, 2.45) is 0 Å². The van der Waals surface area contributed by atoms with Crippen LogP contribution in [-0.2, 0) is 10.8 Å². The van der Waals surface area contributed by atoms with Crippen molar-refractivity contribution in [3.63, 3.8) is 0 Å². The molecular weight excluding hydrogens is 278 g/mol. The van der Waals surface area contributed by atoms with Crippen LogP contribution >= 0.6 is 0 Å². The SMILES string of the molecule is CC(C)(C)c1ccc(-c2ccc(C(C)(C)C)cc2F)c(F)c1. The van der Waals surface area contributed by atoms with Crippen molar-refractivity contribution < 1.29 is 8.78 Å². The fourth-order valence-electron chi connectivity index (χ4n) is 2.40. The number of hydrogen-bond donors (Lipinski definition) is 0. The number of hydrogen-bond acceptors (Lipinski definition) is 0. The third-order valence-corrected chi connectivity index (χ3v) is 3.96. The molecule has 0 aliphatic carbocycles. The molecule has 0 radical (unpaired) electrons. The minimum absolute atomic E-state index is 0.131. The summed E-state index contributed by atoms with van der Waals surface area (Å²) in [7, 11) is 0. The van der Waals surface area contributed by atoms with Gasteiger partial charge in [0.1, 0.15) is 11.6 Å². The quantitative estimate of drug-likeness (QED) is 0.586. The standard InChI is InChI=1S/C20H24F2/c1-19(2,3)13-7-9-15(17(21)11-13)16-10-8-14(12-18(16)22)20(4,5)6/h7-12H,1-6H3. The van der Waals surface area contributed by atoms with Gasteiger partial charge in [-0.05, 0) is 34.1 Å². The molecule has 118 valence electrons. The van der Waals surface area contributed by atoms with E-state index < -0.39 is 0 Å². The first kappa shape index (κ1) is 16.7. The molecule has 0 heterocycles. The van der Waals surface area contributed by atoms with E-state index >= 15 is 0 Å². The summed E-state index contributed by atoms with van der Waals surface area (Å²) in [4.78, 5) is 0. The maximum absolute atomic E-state index is 14.4. The van der Waals surface area contributed by atoms with E-state index in [-0.39, 0.29) is 22.5 Å². The van der Waals surface area contributed by atoms with Crippen molar-refractivity contribution in [2.45, 2.75) is 52.4 Å². The Morgan fingerprint density at radius 2 is 0.909 bits per heavy atom. The third kappa shape index (κ3) is 3.37. The van der Waals surface area contributed by atoms with Gasteiger partial charge in [0.15, 0.2) is 0 Å². The minimum atomic E-state index is -0.380. The van der Waals surface area contributed by atoms with Crippen LogP contribution in [0.4, 0.5) is 8.78 Å². The molecule has 0 spiro atoms. The van der Waals surface area contributed by atoms with E-state index in [0.29, 0.717) is 11.1 Å². The summed E-state index contributed by atoms with van der Waals surface area (Å²) in [6, 6.07) is 10.1. The van der Waals surface area contributed by atoms with Gasteiger partial charge < -0.3 is 0 Å². The summed E-state index contributed by atoms with van der Waals surface area (Å²) in [6.07, 6.45) is 0. The van der Waals surface area contributed by atoms with E-state index in [4.69, 9.17) is 0 Å². The first-order valence-electron chi connectivity index (χ1n) is 7.60. The van der Waals surface area contributed by atoms with E-state index in [0.717, 1.165) is 11.1 Å². The first-order chi connectivity index (χ1) is 10.00. The van der Waals surface area contributed by atoms with E-state index in [2.05, 4.69) is 0 Å². The molecule has 0 aliphatic rings. The fraction of sp³-hybridized carbons (Fsp3) is 0.400. The summed E-state index contributed by atoms with van der Waals surface area (Å²) >= 11 is 0. The van der Waals surface area contributed by atoms with Crippen LogP contribution in [0.25, 0.3) is 11.1 Å². The molecular formula is C20H24F2. The molecule has 2 aromatic rings. The molecule has 0 fully saturated rings. The molecule has 0 amide bonds. The minimum Gasteiger partial charge on any atom is -0.206 e. The lowest BCUT2D eigenvalue weighted by molar-refractivity contribution is 0.568. The molecule has 0 bridgehead atoms. The van der Waals surface area contributed by atoms with Gasteiger partial charge in [-0.3, -0.25) is 0 Å². The Labute approximate surface area is 132 Å². The second kappa shape index (κ2) is 5.49. The van der Waals surface area contributed by atoms with Crippen LogP contribution < -0.4 is 0 Å². The summed E-state index contributed by atoms with van der Waals surface area (Å²) in [5.74, 6) is -0.760. The predicted octanol–water partition coefficient (Wildman–Crippen LogP) is 6.23. The highest BCUT2D eigenvalue weighted by molar-refractivity contribution is 5.66. The third-order valence-electron chi connectivity index (χ3n) is 3.96. The molecule has 2 rings (SSSR count). The van der Waals surface area contributed by atoms with Crippen LogP contribution in [0.2, 0.25) is 0 Å². The van der Waals surface area contributed by atoms with Crippen molar-refractivity contribution in [3.8, 4) is 11.1 Å². The first-order valence-corrected chi connectivity index (χ1v) is 7.60. The Kier molecular flexibility index (Phi) is 4.16. The largest absolute Gasteiger partial charge is 0.206 e. The number of halogens is 2. The lowest BCUT2D eigenvalue weighted by Crippen LogP contribution is -2.12. The zero-order valence-electron chi connectivity index (χ0n) is 14.2. The average molecular weight is 302 g/mol. The van der Waals surface area contributed by atoms with Crippen molar-refractivity contribution in [1.82, 2.24) is 0 Å². The van der Waals surface area contributed by atoms with E-state index in [1.807, 2.05) is 53.7 Å². The van der Waals surface area contributed by atoms with Gasteiger partial charge in [-0.15, -0.1) is 0 Å². The predicted molar refractivity (Wildman–Crippen MR) is 89.2 cm³/mol. The van der Waals surface area contributed by atoms with E-state index in [9.17, 15) is 8.78 Å². The molecule has 0 N–H and O–H groups in total. The van der Waals surface area contributed by atoms with E-state index in [1.165, 1.54) is 12.1 Å². The van der Waals surface area contributed by atoms with Crippen LogP contribution in [0, 0.1) is 11.6 Å². The van der Waals surface area contributed by atoms with Crippen LogP contribution in [0.1, 0.15) is 52.7 Å². The molecule has 22 heavy (non-hydrogen) atoms. The highest BCUT2D eigenvalue weighted by Gasteiger charge is 2.19. The molecule has 0 aliphatic heterocycles. The van der Waals surface area contributed by atoms with Crippen LogP contribution in [0.5, 0.6) is 0 Å². The highest BCUT2D eigenvalue weighted by Crippen LogP contribution is 2.32. The molecule has 0 unspecified atom stereocenters. The average Bonchev–Trinajstić information content (AvgIpc) is 2.37. The van der Waals surface area contributed by atoms with Gasteiger partial charge in [-0.25, -0.2) is 8.78 Å².